The van der Waals surface area contributed by atoms with Crippen molar-refractivity contribution in [3.8, 4) is 28.7 Å². The standard InChI is InChI=1S/C23H25N3O6/c1-28-18-12-15(13-19(29-2)21(18)30-3)4-5-20(27)26-9-6-16(7-10-26)22-24-25-23(32-22)17-8-11-31-14-17/h4-5,8,11-14,16H,6-7,9-10H2,1-3H3/b5-4+. The highest BCUT2D eigenvalue weighted by atomic mass is 16.5. The van der Waals surface area contributed by atoms with Crippen LogP contribution in [0.25, 0.3) is 17.5 Å². The lowest BCUT2D eigenvalue weighted by molar-refractivity contribution is -0.127. The number of nitrogens with zero attached hydrogens (tertiary/aromatic N) is 3. The number of methoxy groups -OCH3 is 3. The summed E-state index contributed by atoms with van der Waals surface area (Å²) < 4.78 is 26.9. The molecule has 1 amide bonds. The van der Waals surface area contributed by atoms with Crippen molar-refractivity contribution in [2.45, 2.75) is 18.8 Å². The van der Waals surface area contributed by atoms with E-state index in [4.69, 9.17) is 23.0 Å². The van der Waals surface area contributed by atoms with Crippen LogP contribution in [0, 0.1) is 0 Å². The Labute approximate surface area is 185 Å². The van der Waals surface area contributed by atoms with Crippen LogP contribution in [-0.4, -0.2) is 55.4 Å². The van der Waals surface area contributed by atoms with E-state index in [2.05, 4.69) is 10.2 Å². The number of aromatic nitrogens is 2. The number of piperidine rings is 1. The van der Waals surface area contributed by atoms with Crippen molar-refractivity contribution in [2.75, 3.05) is 34.4 Å². The normalized spacial score (nSPS) is 14.7. The average Bonchev–Trinajstić information content (AvgIpc) is 3.54. The molecule has 1 aliphatic heterocycles. The molecule has 0 radical (unpaired) electrons. The van der Waals surface area contributed by atoms with Gasteiger partial charge in [0.15, 0.2) is 11.5 Å². The number of furan rings is 1. The van der Waals surface area contributed by atoms with Gasteiger partial charge in [0.2, 0.25) is 17.5 Å². The Balaban J connectivity index is 1.37. The lowest BCUT2D eigenvalue weighted by Gasteiger charge is -2.29. The number of rotatable bonds is 7. The molecule has 168 valence electrons. The van der Waals surface area contributed by atoms with Gasteiger partial charge in [0.25, 0.3) is 5.89 Å². The molecule has 0 aliphatic carbocycles. The first kappa shape index (κ1) is 21.5. The van der Waals surface area contributed by atoms with Crippen LogP contribution in [0.5, 0.6) is 17.2 Å². The molecule has 0 N–H and O–H groups in total. The molecule has 3 aromatic rings. The third-order valence-electron chi connectivity index (χ3n) is 5.47. The van der Waals surface area contributed by atoms with Crippen LogP contribution in [0.1, 0.15) is 30.2 Å². The van der Waals surface area contributed by atoms with Crippen LogP contribution in [0.3, 0.4) is 0 Å². The maximum absolute atomic E-state index is 12.7. The third kappa shape index (κ3) is 4.46. The van der Waals surface area contributed by atoms with E-state index in [9.17, 15) is 4.79 Å². The predicted octanol–water partition coefficient (Wildman–Crippen LogP) is 3.77. The Kier molecular flexibility index (Phi) is 6.44. The van der Waals surface area contributed by atoms with Gasteiger partial charge in [-0.2, -0.15) is 0 Å². The number of likely N-dealkylation sites (tertiary alicyclic amines) is 1. The van der Waals surface area contributed by atoms with Crippen LogP contribution in [0.15, 0.2) is 45.6 Å². The molecule has 9 heteroatoms. The molecule has 1 aliphatic rings. The van der Waals surface area contributed by atoms with Crippen LogP contribution >= 0.6 is 0 Å². The molecule has 9 nitrogen and oxygen atoms in total. The van der Waals surface area contributed by atoms with Crippen molar-refractivity contribution in [2.24, 2.45) is 0 Å². The molecule has 3 heterocycles. The van der Waals surface area contributed by atoms with E-state index in [1.54, 1.807) is 64.2 Å². The first-order valence-electron chi connectivity index (χ1n) is 10.3. The molecule has 32 heavy (non-hydrogen) atoms. The maximum atomic E-state index is 12.7. The second-order valence-electron chi connectivity index (χ2n) is 7.35. The molecule has 1 fully saturated rings. The summed E-state index contributed by atoms with van der Waals surface area (Å²) in [6.07, 6.45) is 7.96. The van der Waals surface area contributed by atoms with Gasteiger partial charge < -0.3 is 27.9 Å². The Morgan fingerprint density at radius 3 is 2.41 bits per heavy atom. The largest absolute Gasteiger partial charge is 0.493 e. The first-order chi connectivity index (χ1) is 15.6. The van der Waals surface area contributed by atoms with Crippen molar-refractivity contribution < 1.29 is 27.8 Å². The fraction of sp³-hybridized carbons (Fsp3) is 0.348. The quantitative estimate of drug-likeness (QED) is 0.513. The van der Waals surface area contributed by atoms with Crippen LogP contribution in [0.2, 0.25) is 0 Å². The molecule has 1 aromatic carbocycles. The van der Waals surface area contributed by atoms with Crippen molar-refractivity contribution in [1.29, 1.82) is 0 Å². The summed E-state index contributed by atoms with van der Waals surface area (Å²) >= 11 is 0. The van der Waals surface area contributed by atoms with Crippen LogP contribution < -0.4 is 14.2 Å². The lowest BCUT2D eigenvalue weighted by atomic mass is 9.97. The maximum Gasteiger partial charge on any atom is 0.250 e. The van der Waals surface area contributed by atoms with Gasteiger partial charge in [-0.1, -0.05) is 0 Å². The number of carbonyl (C=O) groups is 1. The van der Waals surface area contributed by atoms with E-state index in [1.807, 2.05) is 4.90 Å². The summed E-state index contributed by atoms with van der Waals surface area (Å²) in [5.41, 5.74) is 1.54. The topological polar surface area (TPSA) is 100 Å². The van der Waals surface area contributed by atoms with Crippen molar-refractivity contribution >= 4 is 12.0 Å². The summed E-state index contributed by atoms with van der Waals surface area (Å²) in [6.45, 7) is 1.24. The van der Waals surface area contributed by atoms with E-state index in [0.717, 1.165) is 24.0 Å². The molecule has 1 saturated heterocycles. The molecule has 0 spiro atoms. The Hall–Kier alpha value is -3.75. The van der Waals surface area contributed by atoms with Crippen molar-refractivity contribution in [3.63, 3.8) is 0 Å². The van der Waals surface area contributed by atoms with E-state index in [0.29, 0.717) is 42.1 Å². The zero-order valence-corrected chi connectivity index (χ0v) is 18.2. The summed E-state index contributed by atoms with van der Waals surface area (Å²) in [7, 11) is 4.67. The van der Waals surface area contributed by atoms with Gasteiger partial charge in [-0.05, 0) is 42.7 Å². The van der Waals surface area contributed by atoms with Crippen molar-refractivity contribution in [3.05, 3.63) is 48.3 Å². The molecule has 0 bridgehead atoms. The highest BCUT2D eigenvalue weighted by Crippen LogP contribution is 2.38. The van der Waals surface area contributed by atoms with E-state index < -0.39 is 0 Å². The van der Waals surface area contributed by atoms with Crippen LogP contribution in [-0.2, 0) is 4.79 Å². The fourth-order valence-electron chi connectivity index (χ4n) is 3.72. The second-order valence-corrected chi connectivity index (χ2v) is 7.35. The minimum absolute atomic E-state index is 0.0539. The smallest absolute Gasteiger partial charge is 0.250 e. The lowest BCUT2D eigenvalue weighted by Crippen LogP contribution is -2.36. The zero-order valence-electron chi connectivity index (χ0n) is 18.2. The third-order valence-corrected chi connectivity index (χ3v) is 5.47. The minimum atomic E-state index is -0.0539. The highest BCUT2D eigenvalue weighted by Gasteiger charge is 2.27. The highest BCUT2D eigenvalue weighted by molar-refractivity contribution is 5.92. The predicted molar refractivity (Wildman–Crippen MR) is 116 cm³/mol. The number of hydrogen-bond acceptors (Lipinski definition) is 8. The SMILES string of the molecule is COc1cc(/C=C/C(=O)N2CCC(c3nnc(-c4ccoc4)o3)CC2)cc(OC)c1OC. The Morgan fingerprint density at radius 2 is 1.81 bits per heavy atom. The fourth-order valence-corrected chi connectivity index (χ4v) is 3.72. The van der Waals surface area contributed by atoms with E-state index in [-0.39, 0.29) is 11.8 Å². The zero-order chi connectivity index (χ0) is 22.5. The van der Waals surface area contributed by atoms with Gasteiger partial charge in [0.05, 0.1) is 33.2 Å². The average molecular weight is 439 g/mol. The van der Waals surface area contributed by atoms with Gasteiger partial charge in [-0.3, -0.25) is 4.79 Å². The van der Waals surface area contributed by atoms with E-state index in [1.165, 1.54) is 0 Å². The summed E-state index contributed by atoms with van der Waals surface area (Å²) in [5.74, 6) is 2.70. The van der Waals surface area contributed by atoms with Crippen molar-refractivity contribution in [1.82, 2.24) is 15.1 Å². The molecule has 4 rings (SSSR count). The molecule has 0 atom stereocenters. The molecular weight excluding hydrogens is 414 g/mol. The summed E-state index contributed by atoms with van der Waals surface area (Å²) in [6, 6.07) is 5.37. The molecule has 2 aromatic heterocycles. The van der Waals surface area contributed by atoms with Crippen LogP contribution in [0.4, 0.5) is 0 Å². The number of hydrogen-bond donors (Lipinski definition) is 0. The van der Waals surface area contributed by atoms with E-state index >= 15 is 0 Å². The Morgan fingerprint density at radius 1 is 1.09 bits per heavy atom. The number of amides is 1. The molecule has 0 saturated carbocycles. The summed E-state index contributed by atoms with van der Waals surface area (Å²) in [5, 5.41) is 8.27. The van der Waals surface area contributed by atoms with Gasteiger partial charge in [0, 0.05) is 25.1 Å². The van der Waals surface area contributed by atoms with Gasteiger partial charge in [-0.15, -0.1) is 10.2 Å². The number of benzene rings is 1. The minimum Gasteiger partial charge on any atom is -0.493 e. The number of ether oxygens (including phenoxy) is 3. The first-order valence-corrected chi connectivity index (χ1v) is 10.3. The second kappa shape index (κ2) is 9.59. The summed E-state index contributed by atoms with van der Waals surface area (Å²) in [4.78, 5) is 14.5. The van der Waals surface area contributed by atoms with Gasteiger partial charge in [0.1, 0.15) is 6.26 Å². The van der Waals surface area contributed by atoms with Gasteiger partial charge >= 0.3 is 0 Å². The monoisotopic (exact) mass is 439 g/mol. The molecular formula is C23H25N3O6. The molecule has 0 unspecified atom stereocenters. The number of carbonyl (C=O) groups excluding carboxylic acids is 1. The Bertz CT molecular complexity index is 1060. The van der Waals surface area contributed by atoms with Gasteiger partial charge in [-0.25, -0.2) is 0 Å².